The molecule has 1 amide bonds. The Morgan fingerprint density at radius 2 is 1.76 bits per heavy atom. The number of aromatic nitrogens is 1. The predicted molar refractivity (Wildman–Crippen MR) is 112 cm³/mol. The number of amides is 1. The quantitative estimate of drug-likeness (QED) is 0.727. The topological polar surface area (TPSA) is 51.7 Å². The first-order valence-corrected chi connectivity index (χ1v) is 11.5. The smallest absolute Gasteiger partial charge is 0.264 e. The van der Waals surface area contributed by atoms with Crippen molar-refractivity contribution in [1.82, 2.24) is 4.98 Å². The number of hydrogen-bond donors (Lipinski definition) is 0. The Hall–Kier alpha value is -2.08. The maximum absolute atomic E-state index is 13.3. The summed E-state index contributed by atoms with van der Waals surface area (Å²) in [6.45, 7) is 0.544. The van der Waals surface area contributed by atoms with Gasteiger partial charge in [0.05, 0.1) is 32.0 Å². The van der Waals surface area contributed by atoms with E-state index in [0.717, 1.165) is 28.4 Å². The molecule has 0 saturated heterocycles. The van der Waals surface area contributed by atoms with Crippen molar-refractivity contribution >= 4 is 22.4 Å². The maximum atomic E-state index is 13.3. The fourth-order valence-corrected chi connectivity index (χ4v) is 7.87. The molecule has 2 heterocycles. The number of methoxy groups -OCH3 is 2. The number of carbonyl (C=O) groups is 1. The monoisotopic (exact) mass is 410 g/mol. The molecule has 7 rings (SSSR count). The molecular weight excluding hydrogens is 384 g/mol. The molecule has 152 valence electrons. The Labute approximate surface area is 175 Å². The average Bonchev–Trinajstić information content (AvgIpc) is 3.32. The predicted octanol–water partition coefficient (Wildman–Crippen LogP) is 4.79. The SMILES string of the molecule is COc1ccc2c(c1OC)C(=O)N(c1nc(C34CC5CC(CC(C5)C3)C4)cs1)C2. The molecule has 29 heavy (non-hydrogen) atoms. The van der Waals surface area contributed by atoms with Gasteiger partial charge in [-0.05, 0) is 67.9 Å². The van der Waals surface area contributed by atoms with Gasteiger partial charge in [-0.15, -0.1) is 11.3 Å². The molecule has 0 atom stereocenters. The third-order valence-corrected chi connectivity index (χ3v) is 8.59. The second kappa shape index (κ2) is 6.21. The van der Waals surface area contributed by atoms with Crippen LogP contribution in [0.15, 0.2) is 17.5 Å². The first kappa shape index (κ1) is 17.8. The summed E-state index contributed by atoms with van der Waals surface area (Å²) < 4.78 is 10.9. The normalized spacial score (nSPS) is 32.0. The lowest BCUT2D eigenvalue weighted by Crippen LogP contribution is -2.48. The van der Waals surface area contributed by atoms with Crippen molar-refractivity contribution in [3.8, 4) is 11.5 Å². The van der Waals surface area contributed by atoms with Crippen LogP contribution in [0.3, 0.4) is 0 Å². The van der Waals surface area contributed by atoms with Crippen LogP contribution in [0.4, 0.5) is 5.13 Å². The third kappa shape index (κ3) is 2.51. The van der Waals surface area contributed by atoms with Gasteiger partial charge in [-0.25, -0.2) is 4.98 Å². The average molecular weight is 411 g/mol. The molecule has 0 spiro atoms. The van der Waals surface area contributed by atoms with Crippen LogP contribution in [0.25, 0.3) is 0 Å². The summed E-state index contributed by atoms with van der Waals surface area (Å²) in [4.78, 5) is 20.1. The number of benzene rings is 1. The van der Waals surface area contributed by atoms with Gasteiger partial charge >= 0.3 is 0 Å². The Balaban J connectivity index is 1.33. The van der Waals surface area contributed by atoms with Crippen LogP contribution in [0.2, 0.25) is 0 Å². The van der Waals surface area contributed by atoms with Crippen LogP contribution < -0.4 is 14.4 Å². The molecule has 0 unspecified atom stereocenters. The molecule has 4 bridgehead atoms. The van der Waals surface area contributed by atoms with Gasteiger partial charge in [0.15, 0.2) is 16.6 Å². The van der Waals surface area contributed by atoms with Crippen molar-refractivity contribution in [3.05, 3.63) is 34.3 Å². The number of fused-ring (bicyclic) bond motifs is 1. The van der Waals surface area contributed by atoms with Crippen LogP contribution in [0.5, 0.6) is 11.5 Å². The lowest BCUT2D eigenvalue weighted by molar-refractivity contribution is -0.00690. The zero-order valence-corrected chi connectivity index (χ0v) is 17.8. The summed E-state index contributed by atoms with van der Waals surface area (Å²) in [5.74, 6) is 3.75. The van der Waals surface area contributed by atoms with E-state index < -0.39 is 0 Å². The van der Waals surface area contributed by atoms with Crippen molar-refractivity contribution in [3.63, 3.8) is 0 Å². The van der Waals surface area contributed by atoms with Gasteiger partial charge in [0, 0.05) is 10.8 Å². The highest BCUT2D eigenvalue weighted by Crippen LogP contribution is 2.61. The van der Waals surface area contributed by atoms with Crippen LogP contribution >= 0.6 is 11.3 Å². The lowest BCUT2D eigenvalue weighted by Gasteiger charge is -2.56. The first-order chi connectivity index (χ1) is 14.1. The molecule has 0 radical (unpaired) electrons. The van der Waals surface area contributed by atoms with Crippen molar-refractivity contribution in [2.24, 2.45) is 17.8 Å². The van der Waals surface area contributed by atoms with E-state index in [1.165, 1.54) is 44.2 Å². The second-order valence-electron chi connectivity index (χ2n) is 9.44. The minimum atomic E-state index is -0.0397. The highest BCUT2D eigenvalue weighted by atomic mass is 32.1. The van der Waals surface area contributed by atoms with E-state index in [-0.39, 0.29) is 11.3 Å². The van der Waals surface area contributed by atoms with Crippen molar-refractivity contribution in [2.45, 2.75) is 50.5 Å². The number of rotatable bonds is 4. The van der Waals surface area contributed by atoms with Crippen LogP contribution in [0, 0.1) is 17.8 Å². The van der Waals surface area contributed by atoms with E-state index in [2.05, 4.69) is 5.38 Å². The molecule has 1 aliphatic heterocycles. The van der Waals surface area contributed by atoms with Crippen LogP contribution in [-0.4, -0.2) is 25.1 Å². The number of hydrogen-bond acceptors (Lipinski definition) is 5. The molecule has 4 saturated carbocycles. The number of nitrogens with zero attached hydrogens (tertiary/aromatic N) is 2. The Morgan fingerprint density at radius 1 is 1.07 bits per heavy atom. The van der Waals surface area contributed by atoms with Crippen molar-refractivity contribution < 1.29 is 14.3 Å². The van der Waals surface area contributed by atoms with E-state index in [9.17, 15) is 4.79 Å². The Bertz CT molecular complexity index is 963. The van der Waals surface area contributed by atoms with Gasteiger partial charge in [0.1, 0.15) is 0 Å². The van der Waals surface area contributed by atoms with Gasteiger partial charge in [0.25, 0.3) is 5.91 Å². The molecule has 2 aromatic rings. The highest BCUT2D eigenvalue weighted by Gasteiger charge is 2.52. The van der Waals surface area contributed by atoms with E-state index >= 15 is 0 Å². The zero-order valence-electron chi connectivity index (χ0n) is 16.9. The molecular formula is C23H26N2O3S. The van der Waals surface area contributed by atoms with Crippen LogP contribution in [0.1, 0.15) is 60.1 Å². The summed E-state index contributed by atoms with van der Waals surface area (Å²) in [6.07, 6.45) is 8.16. The van der Waals surface area contributed by atoms with Gasteiger partial charge in [-0.2, -0.15) is 0 Å². The fourth-order valence-electron chi connectivity index (χ4n) is 6.92. The summed E-state index contributed by atoms with van der Waals surface area (Å²) in [6, 6.07) is 3.83. The zero-order chi connectivity index (χ0) is 19.8. The molecule has 5 nitrogen and oxygen atoms in total. The standard InChI is InChI=1S/C23H26N2O3S/c1-27-17-4-3-16-11-25(21(26)19(16)20(17)28-2)22-24-18(12-29-22)23-8-13-5-14(9-23)7-15(6-13)10-23/h3-4,12-15H,5-11H2,1-2H3. The molecule has 4 aliphatic carbocycles. The molecule has 6 heteroatoms. The Kier molecular flexibility index (Phi) is 3.80. The second-order valence-corrected chi connectivity index (χ2v) is 10.3. The summed E-state index contributed by atoms with van der Waals surface area (Å²) in [5.41, 5.74) is 3.09. The van der Waals surface area contributed by atoms with E-state index in [4.69, 9.17) is 14.5 Å². The minimum absolute atomic E-state index is 0.0397. The lowest BCUT2D eigenvalue weighted by atomic mass is 9.49. The molecule has 1 aromatic heterocycles. The Morgan fingerprint density at radius 3 is 2.38 bits per heavy atom. The number of ether oxygens (including phenoxy) is 2. The number of thiazole rings is 1. The third-order valence-electron chi connectivity index (χ3n) is 7.72. The highest BCUT2D eigenvalue weighted by molar-refractivity contribution is 7.14. The number of anilines is 1. The summed E-state index contributed by atoms with van der Waals surface area (Å²) in [7, 11) is 3.18. The van der Waals surface area contributed by atoms with E-state index in [1.54, 1.807) is 30.5 Å². The molecule has 4 fully saturated rings. The van der Waals surface area contributed by atoms with Gasteiger partial charge in [-0.3, -0.25) is 9.69 Å². The molecule has 5 aliphatic rings. The van der Waals surface area contributed by atoms with Crippen molar-refractivity contribution in [2.75, 3.05) is 19.1 Å². The fraction of sp³-hybridized carbons (Fsp3) is 0.565. The summed E-state index contributed by atoms with van der Waals surface area (Å²) >= 11 is 1.62. The number of carbonyl (C=O) groups excluding carboxylic acids is 1. The first-order valence-electron chi connectivity index (χ1n) is 10.6. The van der Waals surface area contributed by atoms with E-state index in [1.807, 2.05) is 12.1 Å². The summed E-state index contributed by atoms with van der Waals surface area (Å²) in [5, 5.41) is 3.05. The maximum Gasteiger partial charge on any atom is 0.264 e. The molecule has 1 aromatic carbocycles. The van der Waals surface area contributed by atoms with Crippen molar-refractivity contribution in [1.29, 1.82) is 0 Å². The van der Waals surface area contributed by atoms with E-state index in [0.29, 0.717) is 23.6 Å². The van der Waals surface area contributed by atoms with Crippen LogP contribution in [-0.2, 0) is 12.0 Å². The minimum Gasteiger partial charge on any atom is -0.493 e. The van der Waals surface area contributed by atoms with Gasteiger partial charge < -0.3 is 9.47 Å². The largest absolute Gasteiger partial charge is 0.493 e. The van der Waals surface area contributed by atoms with Gasteiger partial charge in [-0.1, -0.05) is 6.07 Å². The molecule has 0 N–H and O–H groups in total. The van der Waals surface area contributed by atoms with Gasteiger partial charge in [0.2, 0.25) is 0 Å².